The number of carbonyl (C=O) groups excluding carboxylic acids is 1. The molecule has 1 aromatic carbocycles. The Labute approximate surface area is 157 Å². The van der Waals surface area contributed by atoms with Crippen molar-refractivity contribution in [1.29, 1.82) is 0 Å². The Morgan fingerprint density at radius 1 is 1.36 bits per heavy atom. The lowest BCUT2D eigenvalue weighted by molar-refractivity contribution is -0.131. The van der Waals surface area contributed by atoms with Crippen LogP contribution < -0.4 is 5.32 Å². The molecule has 0 saturated carbocycles. The first-order chi connectivity index (χ1) is 12.0. The van der Waals surface area contributed by atoms with Gasteiger partial charge in [0.05, 0.1) is 5.75 Å². The molecule has 0 aliphatic carbocycles. The minimum atomic E-state index is 0.205. The van der Waals surface area contributed by atoms with E-state index in [4.69, 9.17) is 0 Å². The summed E-state index contributed by atoms with van der Waals surface area (Å²) >= 11 is 2.97. The van der Waals surface area contributed by atoms with E-state index in [0.717, 1.165) is 34.5 Å². The Balaban J connectivity index is 1.56. The minimum absolute atomic E-state index is 0.205. The second kappa shape index (κ2) is 8.19. The molecule has 2 heterocycles. The number of rotatable bonds is 5. The number of piperidine rings is 1. The van der Waals surface area contributed by atoms with Crippen LogP contribution >= 0.6 is 23.1 Å². The number of hydrogen-bond donors (Lipinski definition) is 1. The van der Waals surface area contributed by atoms with Crippen molar-refractivity contribution in [2.75, 3.05) is 17.6 Å². The molecule has 7 heteroatoms. The first kappa shape index (κ1) is 18.2. The normalized spacial score (nSPS) is 17.6. The molecule has 1 amide bonds. The maximum atomic E-state index is 12.4. The molecule has 3 rings (SSSR count). The van der Waals surface area contributed by atoms with Crippen LogP contribution in [0.15, 0.2) is 22.5 Å². The van der Waals surface area contributed by atoms with Crippen LogP contribution in [0.2, 0.25) is 0 Å². The van der Waals surface area contributed by atoms with Gasteiger partial charge in [0.15, 0.2) is 4.34 Å². The van der Waals surface area contributed by atoms with Gasteiger partial charge in [0.2, 0.25) is 11.0 Å². The maximum absolute atomic E-state index is 12.4. The van der Waals surface area contributed by atoms with E-state index in [1.807, 2.05) is 17.0 Å². The van der Waals surface area contributed by atoms with Crippen LogP contribution in [0.4, 0.5) is 10.8 Å². The molecule has 1 saturated heterocycles. The van der Waals surface area contributed by atoms with Gasteiger partial charge in [0.1, 0.15) is 0 Å². The molecule has 2 aromatic rings. The molecule has 1 N–H and O–H groups in total. The number of benzene rings is 1. The molecule has 25 heavy (non-hydrogen) atoms. The van der Waals surface area contributed by atoms with Crippen molar-refractivity contribution < 1.29 is 4.79 Å². The maximum Gasteiger partial charge on any atom is 0.233 e. The molecule has 0 spiro atoms. The molecule has 1 fully saturated rings. The van der Waals surface area contributed by atoms with Gasteiger partial charge in [0.25, 0.3) is 0 Å². The summed E-state index contributed by atoms with van der Waals surface area (Å²) in [5, 5.41) is 12.5. The number of hydrogen-bond acceptors (Lipinski definition) is 6. The molecule has 5 nitrogen and oxygen atoms in total. The van der Waals surface area contributed by atoms with Gasteiger partial charge in [-0.2, -0.15) is 0 Å². The average molecular weight is 377 g/mol. The Morgan fingerprint density at radius 3 is 3.00 bits per heavy atom. The zero-order chi connectivity index (χ0) is 17.8. The summed E-state index contributed by atoms with van der Waals surface area (Å²) in [6.07, 6.45) is 3.45. The largest absolute Gasteiger partial charge is 0.339 e. The first-order valence-corrected chi connectivity index (χ1v) is 10.4. The van der Waals surface area contributed by atoms with Crippen LogP contribution in [-0.2, 0) is 4.79 Å². The molecule has 1 aromatic heterocycles. The lowest BCUT2D eigenvalue weighted by atomic mass is 10.0. The first-order valence-electron chi connectivity index (χ1n) is 8.63. The number of amides is 1. The van der Waals surface area contributed by atoms with Gasteiger partial charge in [-0.15, -0.1) is 10.2 Å². The van der Waals surface area contributed by atoms with E-state index in [0.29, 0.717) is 11.8 Å². The molecular formula is C18H24N4OS2. The molecule has 0 radical (unpaired) electrons. The molecule has 1 unspecified atom stereocenters. The van der Waals surface area contributed by atoms with Gasteiger partial charge in [-0.05, 0) is 57.2 Å². The van der Waals surface area contributed by atoms with Crippen LogP contribution in [0.1, 0.15) is 37.3 Å². The number of aromatic nitrogens is 2. The van der Waals surface area contributed by atoms with Crippen molar-refractivity contribution in [3.8, 4) is 0 Å². The fourth-order valence-corrected chi connectivity index (χ4v) is 4.65. The molecule has 0 bridgehead atoms. The highest BCUT2D eigenvalue weighted by Crippen LogP contribution is 2.30. The van der Waals surface area contributed by atoms with Gasteiger partial charge in [-0.25, -0.2) is 0 Å². The highest BCUT2D eigenvalue weighted by Gasteiger charge is 2.23. The highest BCUT2D eigenvalue weighted by atomic mass is 32.2. The second-order valence-corrected chi connectivity index (χ2v) is 8.67. The zero-order valence-corrected chi connectivity index (χ0v) is 16.5. The number of likely N-dealkylation sites (tertiary alicyclic amines) is 1. The Hall–Kier alpha value is -1.60. The Morgan fingerprint density at radius 2 is 2.20 bits per heavy atom. The summed E-state index contributed by atoms with van der Waals surface area (Å²) in [7, 11) is 0. The third kappa shape index (κ3) is 4.52. The quantitative estimate of drug-likeness (QED) is 0.784. The summed E-state index contributed by atoms with van der Waals surface area (Å²) < 4.78 is 0.825. The third-order valence-corrected chi connectivity index (χ3v) is 6.65. The van der Waals surface area contributed by atoms with E-state index >= 15 is 0 Å². The number of nitrogens with zero attached hydrogens (tertiary/aromatic N) is 3. The van der Waals surface area contributed by atoms with Gasteiger partial charge in [-0.1, -0.05) is 35.2 Å². The van der Waals surface area contributed by atoms with E-state index < -0.39 is 0 Å². The Bertz CT molecular complexity index is 746. The van der Waals surface area contributed by atoms with E-state index in [1.54, 1.807) is 0 Å². The Kier molecular flexibility index (Phi) is 5.96. The van der Waals surface area contributed by atoms with Crippen LogP contribution in [0, 0.1) is 13.8 Å². The lowest BCUT2D eigenvalue weighted by Crippen LogP contribution is -2.42. The minimum Gasteiger partial charge on any atom is -0.339 e. The van der Waals surface area contributed by atoms with Gasteiger partial charge >= 0.3 is 0 Å². The molecule has 134 valence electrons. The van der Waals surface area contributed by atoms with Gasteiger partial charge in [-0.3, -0.25) is 4.79 Å². The highest BCUT2D eigenvalue weighted by molar-refractivity contribution is 8.01. The number of aryl methyl sites for hydroxylation is 1. The van der Waals surface area contributed by atoms with Crippen molar-refractivity contribution in [1.82, 2.24) is 15.1 Å². The fraction of sp³-hybridized carbons (Fsp3) is 0.500. The summed E-state index contributed by atoms with van der Waals surface area (Å²) in [5.74, 6) is 0.638. The zero-order valence-electron chi connectivity index (χ0n) is 14.9. The monoisotopic (exact) mass is 376 g/mol. The van der Waals surface area contributed by atoms with Crippen LogP contribution in [0.3, 0.4) is 0 Å². The third-order valence-electron chi connectivity index (χ3n) is 4.70. The van der Waals surface area contributed by atoms with Crippen LogP contribution in [0.25, 0.3) is 0 Å². The van der Waals surface area contributed by atoms with E-state index in [2.05, 4.69) is 42.4 Å². The van der Waals surface area contributed by atoms with E-state index in [1.165, 1.54) is 40.6 Å². The topological polar surface area (TPSA) is 58.1 Å². The number of anilines is 2. The van der Waals surface area contributed by atoms with Crippen LogP contribution in [0.5, 0.6) is 0 Å². The summed E-state index contributed by atoms with van der Waals surface area (Å²) in [6, 6.07) is 6.52. The number of thioether (sulfide) groups is 1. The van der Waals surface area contributed by atoms with E-state index in [-0.39, 0.29) is 5.91 Å². The molecule has 1 aliphatic rings. The molecule has 1 atom stereocenters. The summed E-state index contributed by atoms with van der Waals surface area (Å²) in [4.78, 5) is 14.4. The summed E-state index contributed by atoms with van der Waals surface area (Å²) in [5.41, 5.74) is 3.50. The second-order valence-electron chi connectivity index (χ2n) is 6.47. The average Bonchev–Trinajstić information content (AvgIpc) is 3.05. The van der Waals surface area contributed by atoms with Crippen molar-refractivity contribution >= 4 is 39.8 Å². The van der Waals surface area contributed by atoms with Crippen molar-refractivity contribution in [2.24, 2.45) is 0 Å². The van der Waals surface area contributed by atoms with Crippen molar-refractivity contribution in [3.05, 3.63) is 29.3 Å². The standard InChI is InChI=1S/C18H24N4OS2/c1-12-7-6-9-15(14(12)3)19-17-20-21-18(25-17)24-11-16(23)22-10-5-4-8-13(22)2/h6-7,9,13H,4-5,8,10-11H2,1-3H3,(H,19,20). The molecular weight excluding hydrogens is 352 g/mol. The smallest absolute Gasteiger partial charge is 0.233 e. The van der Waals surface area contributed by atoms with E-state index in [9.17, 15) is 4.79 Å². The molecule has 1 aliphatic heterocycles. The predicted octanol–water partition coefficient (Wildman–Crippen LogP) is 4.39. The van der Waals surface area contributed by atoms with Crippen LogP contribution in [-0.4, -0.2) is 39.3 Å². The van der Waals surface area contributed by atoms with Gasteiger partial charge in [0, 0.05) is 18.3 Å². The number of carbonyl (C=O) groups is 1. The van der Waals surface area contributed by atoms with Crippen molar-refractivity contribution in [3.63, 3.8) is 0 Å². The summed E-state index contributed by atoms with van der Waals surface area (Å²) in [6.45, 7) is 7.21. The predicted molar refractivity (Wildman–Crippen MR) is 105 cm³/mol. The van der Waals surface area contributed by atoms with Gasteiger partial charge < -0.3 is 10.2 Å². The SMILES string of the molecule is Cc1cccc(Nc2nnc(SCC(=O)N3CCCCC3C)s2)c1C. The number of nitrogens with one attached hydrogen (secondary N) is 1. The lowest BCUT2D eigenvalue weighted by Gasteiger charge is -2.33. The fourth-order valence-electron chi connectivity index (χ4n) is 3.00. The van der Waals surface area contributed by atoms with Crippen molar-refractivity contribution in [2.45, 2.75) is 50.4 Å².